The van der Waals surface area contributed by atoms with E-state index in [1.165, 1.54) is 11.0 Å². The summed E-state index contributed by atoms with van der Waals surface area (Å²) in [5, 5.41) is 0. The number of hydrogen-bond acceptors (Lipinski definition) is 4. The Bertz CT molecular complexity index is 611. The van der Waals surface area contributed by atoms with E-state index in [1.807, 2.05) is 44.2 Å². The van der Waals surface area contributed by atoms with E-state index < -0.39 is 6.09 Å². The summed E-state index contributed by atoms with van der Waals surface area (Å²) in [6.07, 6.45) is 4.47. The molecule has 1 saturated heterocycles. The van der Waals surface area contributed by atoms with Gasteiger partial charge < -0.3 is 9.53 Å². The molecule has 5 nitrogen and oxygen atoms in total. The van der Waals surface area contributed by atoms with Gasteiger partial charge in [-0.05, 0) is 29.9 Å². The van der Waals surface area contributed by atoms with E-state index in [2.05, 4.69) is 0 Å². The van der Waals surface area contributed by atoms with Crippen molar-refractivity contribution in [3.05, 3.63) is 48.0 Å². The fraction of sp³-hybridized carbons (Fsp3) is 0.421. The van der Waals surface area contributed by atoms with Gasteiger partial charge in [-0.25, -0.2) is 9.69 Å². The SMILES string of the molecule is C[C@H](CC=O)[C@@H](C)/C=C/C(=O)N1C(=O)OC[C@@H]1Cc1ccccc1. The van der Waals surface area contributed by atoms with Crippen LogP contribution in [0, 0.1) is 11.8 Å². The summed E-state index contributed by atoms with van der Waals surface area (Å²) in [6, 6.07) is 9.41. The number of carbonyl (C=O) groups excluding carboxylic acids is 3. The van der Waals surface area contributed by atoms with E-state index in [1.54, 1.807) is 6.08 Å². The first-order chi connectivity index (χ1) is 11.5. The minimum Gasteiger partial charge on any atom is -0.447 e. The number of rotatable bonds is 7. The Labute approximate surface area is 142 Å². The summed E-state index contributed by atoms with van der Waals surface area (Å²) in [5.41, 5.74) is 1.05. The topological polar surface area (TPSA) is 63.7 Å². The van der Waals surface area contributed by atoms with E-state index in [-0.39, 0.29) is 30.4 Å². The maximum absolute atomic E-state index is 12.4. The van der Waals surface area contributed by atoms with E-state index in [0.29, 0.717) is 12.8 Å². The molecule has 1 aliphatic rings. The molecule has 0 aliphatic carbocycles. The molecule has 3 atom stereocenters. The molecule has 1 aliphatic heterocycles. The molecule has 5 heteroatoms. The zero-order valence-electron chi connectivity index (χ0n) is 14.1. The number of hydrogen-bond donors (Lipinski definition) is 0. The van der Waals surface area contributed by atoms with Crippen molar-refractivity contribution in [1.29, 1.82) is 0 Å². The lowest BCUT2D eigenvalue weighted by Gasteiger charge is -2.19. The molecule has 2 rings (SSSR count). The van der Waals surface area contributed by atoms with Gasteiger partial charge in [0.25, 0.3) is 5.91 Å². The average Bonchev–Trinajstić information content (AvgIpc) is 2.94. The Morgan fingerprint density at radius 3 is 2.71 bits per heavy atom. The van der Waals surface area contributed by atoms with Crippen LogP contribution in [0.5, 0.6) is 0 Å². The predicted octanol–water partition coefficient (Wildman–Crippen LogP) is 2.99. The number of benzene rings is 1. The zero-order chi connectivity index (χ0) is 17.5. The highest BCUT2D eigenvalue weighted by atomic mass is 16.6. The Morgan fingerprint density at radius 2 is 2.04 bits per heavy atom. The lowest BCUT2D eigenvalue weighted by atomic mass is 9.93. The first-order valence-corrected chi connectivity index (χ1v) is 8.18. The first-order valence-electron chi connectivity index (χ1n) is 8.18. The number of carbonyl (C=O) groups is 3. The maximum Gasteiger partial charge on any atom is 0.417 e. The number of nitrogens with zero attached hydrogens (tertiary/aromatic N) is 1. The summed E-state index contributed by atoms with van der Waals surface area (Å²) in [5.74, 6) is -0.147. The van der Waals surface area contributed by atoms with Crippen LogP contribution in [0.25, 0.3) is 0 Å². The van der Waals surface area contributed by atoms with Crippen LogP contribution in [0.2, 0.25) is 0 Å². The second kappa shape index (κ2) is 8.43. The standard InChI is InChI=1S/C19H23NO4/c1-14(15(2)10-11-21)8-9-18(22)20-17(13-24-19(20)23)12-16-6-4-3-5-7-16/h3-9,11,14-15,17H,10,12-13H2,1-2H3/b9-8+/t14-,15+,17-/m0/s1. The van der Waals surface area contributed by atoms with Crippen LogP contribution >= 0.6 is 0 Å². The third-order valence-corrected chi connectivity index (χ3v) is 4.42. The third kappa shape index (κ3) is 4.54. The highest BCUT2D eigenvalue weighted by molar-refractivity contribution is 5.99. The van der Waals surface area contributed by atoms with E-state index in [4.69, 9.17) is 4.74 Å². The predicted molar refractivity (Wildman–Crippen MR) is 90.3 cm³/mol. The van der Waals surface area contributed by atoms with E-state index in [0.717, 1.165) is 11.8 Å². The first kappa shape index (κ1) is 17.9. The van der Waals surface area contributed by atoms with Gasteiger partial charge in [0.1, 0.15) is 12.9 Å². The van der Waals surface area contributed by atoms with Gasteiger partial charge in [-0.1, -0.05) is 50.3 Å². The van der Waals surface area contributed by atoms with Crippen LogP contribution < -0.4 is 0 Å². The Hall–Kier alpha value is -2.43. The van der Waals surface area contributed by atoms with Crippen molar-refractivity contribution in [1.82, 2.24) is 4.90 Å². The molecule has 0 spiro atoms. The van der Waals surface area contributed by atoms with Gasteiger partial charge in [0.05, 0.1) is 6.04 Å². The van der Waals surface area contributed by atoms with Crippen LogP contribution in [0.1, 0.15) is 25.8 Å². The van der Waals surface area contributed by atoms with Gasteiger partial charge in [0.15, 0.2) is 0 Å². The Kier molecular flexibility index (Phi) is 6.29. The van der Waals surface area contributed by atoms with Crippen molar-refractivity contribution < 1.29 is 19.1 Å². The van der Waals surface area contributed by atoms with Crippen molar-refractivity contribution in [2.75, 3.05) is 6.61 Å². The number of amides is 2. The molecule has 1 aromatic carbocycles. The second-order valence-corrected chi connectivity index (χ2v) is 6.23. The summed E-state index contributed by atoms with van der Waals surface area (Å²) >= 11 is 0. The fourth-order valence-electron chi connectivity index (χ4n) is 2.64. The van der Waals surface area contributed by atoms with Gasteiger partial charge in [-0.15, -0.1) is 0 Å². The summed E-state index contributed by atoms with van der Waals surface area (Å²) in [4.78, 5) is 36.1. The largest absolute Gasteiger partial charge is 0.447 e. The average molecular weight is 329 g/mol. The molecule has 0 radical (unpaired) electrons. The molecule has 0 saturated carbocycles. The normalized spacial score (nSPS) is 20.0. The minimum atomic E-state index is -0.598. The second-order valence-electron chi connectivity index (χ2n) is 6.23. The summed E-state index contributed by atoms with van der Waals surface area (Å²) in [7, 11) is 0. The third-order valence-electron chi connectivity index (χ3n) is 4.42. The van der Waals surface area contributed by atoms with Crippen molar-refractivity contribution in [2.45, 2.75) is 32.7 Å². The lowest BCUT2D eigenvalue weighted by molar-refractivity contribution is -0.124. The smallest absolute Gasteiger partial charge is 0.417 e. The number of allylic oxidation sites excluding steroid dienone is 1. The van der Waals surface area contributed by atoms with E-state index >= 15 is 0 Å². The maximum atomic E-state index is 12.4. The van der Waals surface area contributed by atoms with Gasteiger partial charge in [-0.2, -0.15) is 0 Å². The number of aldehydes is 1. The molecule has 2 amide bonds. The summed E-state index contributed by atoms with van der Waals surface area (Å²) in [6.45, 7) is 4.11. The van der Waals surface area contributed by atoms with Gasteiger partial charge >= 0.3 is 6.09 Å². The quantitative estimate of drug-likeness (QED) is 0.570. The molecule has 128 valence electrons. The Balaban J connectivity index is 2.02. The summed E-state index contributed by atoms with van der Waals surface area (Å²) < 4.78 is 5.05. The van der Waals surface area contributed by atoms with Crippen LogP contribution in [-0.2, 0) is 20.7 Å². The minimum absolute atomic E-state index is 0.0744. The van der Waals surface area contributed by atoms with Crippen LogP contribution in [0.4, 0.5) is 4.79 Å². The van der Waals surface area contributed by atoms with E-state index in [9.17, 15) is 14.4 Å². The molecule has 0 bridgehead atoms. The van der Waals surface area contributed by atoms with Crippen molar-refractivity contribution in [3.63, 3.8) is 0 Å². The molecule has 1 aromatic rings. The van der Waals surface area contributed by atoms with Crippen LogP contribution in [0.15, 0.2) is 42.5 Å². The van der Waals surface area contributed by atoms with Gasteiger partial charge in [-0.3, -0.25) is 4.79 Å². The molecule has 0 N–H and O–H groups in total. The molecular weight excluding hydrogens is 306 g/mol. The van der Waals surface area contributed by atoms with Crippen molar-refractivity contribution in [3.8, 4) is 0 Å². The van der Waals surface area contributed by atoms with Crippen LogP contribution in [0.3, 0.4) is 0 Å². The molecule has 0 unspecified atom stereocenters. The highest BCUT2D eigenvalue weighted by Crippen LogP contribution is 2.19. The Morgan fingerprint density at radius 1 is 1.33 bits per heavy atom. The number of ether oxygens (including phenoxy) is 1. The molecule has 0 aromatic heterocycles. The van der Waals surface area contributed by atoms with Crippen LogP contribution in [-0.4, -0.2) is 35.8 Å². The monoisotopic (exact) mass is 329 g/mol. The fourth-order valence-corrected chi connectivity index (χ4v) is 2.64. The molecule has 24 heavy (non-hydrogen) atoms. The van der Waals surface area contributed by atoms with Crippen molar-refractivity contribution in [2.24, 2.45) is 11.8 Å². The molecular formula is C19H23NO4. The molecule has 1 fully saturated rings. The lowest BCUT2D eigenvalue weighted by Crippen LogP contribution is -2.39. The molecule has 1 heterocycles. The zero-order valence-corrected chi connectivity index (χ0v) is 14.1. The van der Waals surface area contributed by atoms with Gasteiger partial charge in [0.2, 0.25) is 0 Å². The van der Waals surface area contributed by atoms with Gasteiger partial charge in [0, 0.05) is 6.42 Å². The highest BCUT2D eigenvalue weighted by Gasteiger charge is 2.36. The van der Waals surface area contributed by atoms with Crippen molar-refractivity contribution >= 4 is 18.3 Å². The number of cyclic esters (lactones) is 1. The number of imide groups is 1.